The Morgan fingerprint density at radius 1 is 1.35 bits per heavy atom. The molecule has 2 aromatic rings. The number of hydrogen-bond acceptors (Lipinski definition) is 4. The number of likely N-dealkylation sites (tertiary alicyclic amines) is 1. The zero-order valence-corrected chi connectivity index (χ0v) is 13.8. The molecule has 3 heterocycles. The van der Waals surface area contributed by atoms with Gasteiger partial charge in [0, 0.05) is 43.0 Å². The second-order valence-electron chi connectivity index (χ2n) is 6.79. The number of thiophene rings is 1. The Labute approximate surface area is 139 Å². The van der Waals surface area contributed by atoms with Gasteiger partial charge >= 0.3 is 5.97 Å². The number of rotatable bonds is 3. The second-order valence-corrected chi connectivity index (χ2v) is 7.70. The van der Waals surface area contributed by atoms with Crippen molar-refractivity contribution in [3.8, 4) is 0 Å². The van der Waals surface area contributed by atoms with E-state index in [4.69, 9.17) is 4.74 Å². The standard InChI is InChI=1S/C18H21NO3S/c20-17(21)15-10-19(12-18(15)5-7-22-8-6-18)9-13-11-23-16-4-2-1-3-14(13)16/h1-4,11,15H,5-10,12H2,(H,20,21). The van der Waals surface area contributed by atoms with Crippen LogP contribution < -0.4 is 0 Å². The molecule has 23 heavy (non-hydrogen) atoms. The van der Waals surface area contributed by atoms with Gasteiger partial charge in [-0.25, -0.2) is 0 Å². The molecule has 4 nitrogen and oxygen atoms in total. The number of carboxylic acids is 1. The third-order valence-electron chi connectivity index (χ3n) is 5.46. The van der Waals surface area contributed by atoms with Gasteiger partial charge in [-0.15, -0.1) is 11.3 Å². The number of carboxylic acid groups (broad SMARTS) is 1. The van der Waals surface area contributed by atoms with Crippen molar-refractivity contribution in [3.63, 3.8) is 0 Å². The van der Waals surface area contributed by atoms with Gasteiger partial charge in [0.05, 0.1) is 5.92 Å². The van der Waals surface area contributed by atoms with Gasteiger partial charge in [0.15, 0.2) is 0 Å². The third kappa shape index (κ3) is 2.67. The molecule has 0 aliphatic carbocycles. The van der Waals surface area contributed by atoms with Crippen LogP contribution >= 0.6 is 11.3 Å². The highest BCUT2D eigenvalue weighted by atomic mass is 32.1. The van der Waals surface area contributed by atoms with Crippen LogP contribution in [0.3, 0.4) is 0 Å². The first kappa shape index (κ1) is 15.1. The molecule has 1 unspecified atom stereocenters. The SMILES string of the molecule is O=C(O)C1CN(Cc2csc3ccccc23)CC12CCOCC2. The number of hydrogen-bond donors (Lipinski definition) is 1. The zero-order valence-electron chi connectivity index (χ0n) is 13.0. The number of ether oxygens (including phenoxy) is 1. The summed E-state index contributed by atoms with van der Waals surface area (Å²) in [4.78, 5) is 14.1. The molecule has 0 bridgehead atoms. The predicted molar refractivity (Wildman–Crippen MR) is 90.7 cm³/mol. The lowest BCUT2D eigenvalue weighted by Gasteiger charge is -2.36. The fraction of sp³-hybridized carbons (Fsp3) is 0.500. The lowest BCUT2D eigenvalue weighted by molar-refractivity contribution is -0.146. The summed E-state index contributed by atoms with van der Waals surface area (Å²) in [5.74, 6) is -0.916. The third-order valence-corrected chi connectivity index (χ3v) is 6.47. The van der Waals surface area contributed by atoms with E-state index in [-0.39, 0.29) is 11.3 Å². The van der Waals surface area contributed by atoms with E-state index in [2.05, 4.69) is 34.5 Å². The Balaban J connectivity index is 1.57. The summed E-state index contributed by atoms with van der Waals surface area (Å²) in [7, 11) is 0. The van der Waals surface area contributed by atoms with Gasteiger partial charge < -0.3 is 9.84 Å². The van der Waals surface area contributed by atoms with Crippen LogP contribution in [0.25, 0.3) is 10.1 Å². The Morgan fingerprint density at radius 2 is 2.13 bits per heavy atom. The summed E-state index contributed by atoms with van der Waals surface area (Å²) in [5, 5.41) is 13.2. The number of aliphatic carboxylic acids is 1. The Hall–Kier alpha value is -1.43. The summed E-state index contributed by atoms with van der Waals surface area (Å²) < 4.78 is 6.78. The minimum absolute atomic E-state index is 0.101. The van der Waals surface area contributed by atoms with Crippen molar-refractivity contribution in [3.05, 3.63) is 35.2 Å². The van der Waals surface area contributed by atoms with E-state index in [1.165, 1.54) is 15.6 Å². The molecule has 2 aliphatic heterocycles. The summed E-state index contributed by atoms with van der Waals surface area (Å²) in [5.41, 5.74) is 1.22. The highest BCUT2D eigenvalue weighted by Crippen LogP contribution is 2.45. The van der Waals surface area contributed by atoms with E-state index in [1.54, 1.807) is 11.3 Å². The average Bonchev–Trinajstić information content (AvgIpc) is 3.11. The second kappa shape index (κ2) is 5.89. The maximum absolute atomic E-state index is 11.8. The molecule has 122 valence electrons. The van der Waals surface area contributed by atoms with Crippen LogP contribution in [0.1, 0.15) is 18.4 Å². The molecule has 2 aliphatic rings. The first-order valence-corrected chi connectivity index (χ1v) is 9.04. The Kier molecular flexibility index (Phi) is 3.87. The summed E-state index contributed by atoms with van der Waals surface area (Å²) in [6, 6.07) is 8.45. The highest BCUT2D eigenvalue weighted by Gasteiger charge is 2.50. The van der Waals surface area contributed by atoms with Crippen LogP contribution in [0.5, 0.6) is 0 Å². The maximum atomic E-state index is 11.8. The summed E-state index contributed by atoms with van der Waals surface area (Å²) in [6.07, 6.45) is 1.73. The van der Waals surface area contributed by atoms with Gasteiger partial charge in [0.2, 0.25) is 0 Å². The number of carbonyl (C=O) groups is 1. The van der Waals surface area contributed by atoms with Crippen LogP contribution in [0.4, 0.5) is 0 Å². The fourth-order valence-electron chi connectivity index (χ4n) is 4.21. The van der Waals surface area contributed by atoms with Gasteiger partial charge in [-0.05, 0) is 35.2 Å². The lowest BCUT2D eigenvalue weighted by Crippen LogP contribution is -2.40. The van der Waals surface area contributed by atoms with E-state index >= 15 is 0 Å². The molecule has 0 radical (unpaired) electrons. The number of benzene rings is 1. The van der Waals surface area contributed by atoms with Gasteiger partial charge in [-0.3, -0.25) is 9.69 Å². The van der Waals surface area contributed by atoms with Gasteiger partial charge in [-0.1, -0.05) is 18.2 Å². The largest absolute Gasteiger partial charge is 0.481 e. The first-order valence-electron chi connectivity index (χ1n) is 8.16. The molecular weight excluding hydrogens is 310 g/mol. The van der Waals surface area contributed by atoms with Crippen LogP contribution in [-0.2, 0) is 16.1 Å². The molecule has 5 heteroatoms. The van der Waals surface area contributed by atoms with Gasteiger partial charge in [0.25, 0.3) is 0 Å². The number of nitrogens with zero attached hydrogens (tertiary/aromatic N) is 1. The molecule has 1 atom stereocenters. The molecule has 1 N–H and O–H groups in total. The van der Waals surface area contributed by atoms with E-state index < -0.39 is 5.97 Å². The van der Waals surface area contributed by atoms with E-state index in [9.17, 15) is 9.90 Å². The first-order chi connectivity index (χ1) is 11.2. The normalized spacial score (nSPS) is 24.4. The minimum atomic E-state index is -0.649. The lowest BCUT2D eigenvalue weighted by atomic mass is 9.72. The van der Waals surface area contributed by atoms with Crippen molar-refractivity contribution in [2.75, 3.05) is 26.3 Å². The Bertz CT molecular complexity index is 720. The van der Waals surface area contributed by atoms with Crippen LogP contribution in [0.2, 0.25) is 0 Å². The average molecular weight is 331 g/mol. The zero-order chi connectivity index (χ0) is 15.9. The summed E-state index contributed by atoms with van der Waals surface area (Å²) in [6.45, 7) is 3.76. The molecule has 4 rings (SSSR count). The van der Waals surface area contributed by atoms with Gasteiger partial charge in [0.1, 0.15) is 0 Å². The van der Waals surface area contributed by atoms with E-state index in [1.807, 2.05) is 0 Å². The molecule has 1 aromatic carbocycles. The molecule has 1 aromatic heterocycles. The van der Waals surface area contributed by atoms with Crippen molar-refractivity contribution in [1.29, 1.82) is 0 Å². The van der Waals surface area contributed by atoms with Crippen molar-refractivity contribution < 1.29 is 14.6 Å². The molecule has 2 fully saturated rings. The molecule has 0 saturated carbocycles. The van der Waals surface area contributed by atoms with Gasteiger partial charge in [-0.2, -0.15) is 0 Å². The Morgan fingerprint density at radius 3 is 2.91 bits per heavy atom. The highest BCUT2D eigenvalue weighted by molar-refractivity contribution is 7.17. The van der Waals surface area contributed by atoms with Crippen molar-refractivity contribution >= 4 is 27.4 Å². The topological polar surface area (TPSA) is 49.8 Å². The maximum Gasteiger partial charge on any atom is 0.308 e. The monoisotopic (exact) mass is 331 g/mol. The quantitative estimate of drug-likeness (QED) is 0.938. The van der Waals surface area contributed by atoms with Crippen LogP contribution in [0, 0.1) is 11.3 Å². The van der Waals surface area contributed by atoms with Crippen molar-refractivity contribution in [2.24, 2.45) is 11.3 Å². The molecule has 2 saturated heterocycles. The predicted octanol–water partition coefficient (Wildman–Crippen LogP) is 3.21. The van der Waals surface area contributed by atoms with Crippen LogP contribution in [0.15, 0.2) is 29.6 Å². The van der Waals surface area contributed by atoms with E-state index in [0.29, 0.717) is 19.8 Å². The minimum Gasteiger partial charge on any atom is -0.481 e. The van der Waals surface area contributed by atoms with E-state index in [0.717, 1.165) is 25.9 Å². The summed E-state index contributed by atoms with van der Waals surface area (Å²) >= 11 is 1.77. The fourth-order valence-corrected chi connectivity index (χ4v) is 5.17. The molecular formula is C18H21NO3S. The molecule has 0 amide bonds. The van der Waals surface area contributed by atoms with Crippen molar-refractivity contribution in [1.82, 2.24) is 4.90 Å². The van der Waals surface area contributed by atoms with Crippen molar-refractivity contribution in [2.45, 2.75) is 19.4 Å². The molecule has 1 spiro atoms. The smallest absolute Gasteiger partial charge is 0.308 e. The number of fused-ring (bicyclic) bond motifs is 1. The van der Waals surface area contributed by atoms with Crippen LogP contribution in [-0.4, -0.2) is 42.3 Å².